The number of aromatic nitrogens is 3. The highest BCUT2D eigenvalue weighted by Gasteiger charge is 2.31. The first-order valence-electron chi connectivity index (χ1n) is 6.63. The van der Waals surface area contributed by atoms with E-state index in [-0.39, 0.29) is 12.5 Å². The van der Waals surface area contributed by atoms with Gasteiger partial charge >= 0.3 is 5.97 Å². The van der Waals surface area contributed by atoms with Crippen molar-refractivity contribution in [1.29, 1.82) is 0 Å². The normalized spacial score (nSPS) is 17.9. The summed E-state index contributed by atoms with van der Waals surface area (Å²) < 4.78 is 1.64. The molecule has 7 heteroatoms. The predicted molar refractivity (Wildman–Crippen MR) is 73.0 cm³/mol. The lowest BCUT2D eigenvalue weighted by Gasteiger charge is -2.15. The monoisotopic (exact) mass is 286 g/mol. The molecule has 2 aromatic rings. The highest BCUT2D eigenvalue weighted by molar-refractivity contribution is 5.93. The average molecular weight is 286 g/mol. The van der Waals surface area contributed by atoms with Crippen LogP contribution in [0.3, 0.4) is 0 Å². The first-order chi connectivity index (χ1) is 10.1. The molecule has 1 aliphatic rings. The van der Waals surface area contributed by atoms with E-state index >= 15 is 0 Å². The number of rotatable bonds is 3. The maximum absolute atomic E-state index is 12.4. The molecule has 2 aromatic heterocycles. The predicted octanol–water partition coefficient (Wildman–Crippen LogP) is 0.814. The molecule has 108 valence electrons. The van der Waals surface area contributed by atoms with Gasteiger partial charge in [0.15, 0.2) is 0 Å². The van der Waals surface area contributed by atoms with Crippen LogP contribution >= 0.6 is 0 Å². The number of pyridine rings is 1. The molecule has 3 heterocycles. The van der Waals surface area contributed by atoms with Crippen molar-refractivity contribution in [3.63, 3.8) is 0 Å². The summed E-state index contributed by atoms with van der Waals surface area (Å²) in [6.07, 6.45) is 5.47. The Morgan fingerprint density at radius 2 is 2.19 bits per heavy atom. The van der Waals surface area contributed by atoms with Crippen LogP contribution in [-0.4, -0.2) is 49.7 Å². The molecule has 7 nitrogen and oxygen atoms in total. The fourth-order valence-electron chi connectivity index (χ4n) is 2.41. The number of carboxylic acid groups (broad SMARTS) is 1. The van der Waals surface area contributed by atoms with Crippen LogP contribution in [0.15, 0.2) is 36.8 Å². The lowest BCUT2D eigenvalue weighted by Crippen LogP contribution is -2.30. The third-order valence-electron chi connectivity index (χ3n) is 3.56. The van der Waals surface area contributed by atoms with Gasteiger partial charge in [-0.25, -0.2) is 4.68 Å². The molecule has 3 rings (SSSR count). The van der Waals surface area contributed by atoms with Gasteiger partial charge in [-0.15, -0.1) is 0 Å². The number of carbonyl (C=O) groups is 2. The molecule has 1 aliphatic heterocycles. The van der Waals surface area contributed by atoms with Crippen molar-refractivity contribution >= 4 is 11.9 Å². The molecule has 21 heavy (non-hydrogen) atoms. The Balaban J connectivity index is 1.80. The fraction of sp³-hybridized carbons (Fsp3) is 0.286. The van der Waals surface area contributed by atoms with E-state index in [1.54, 1.807) is 41.5 Å². The Morgan fingerprint density at radius 1 is 1.33 bits per heavy atom. The van der Waals surface area contributed by atoms with Crippen LogP contribution < -0.4 is 0 Å². The summed E-state index contributed by atoms with van der Waals surface area (Å²) in [4.78, 5) is 28.9. The van der Waals surface area contributed by atoms with Crippen LogP contribution in [0.25, 0.3) is 5.69 Å². The molecule has 1 unspecified atom stereocenters. The quantitative estimate of drug-likeness (QED) is 0.902. The number of aliphatic carboxylic acids is 1. The third kappa shape index (κ3) is 2.62. The van der Waals surface area contributed by atoms with Gasteiger partial charge in [0.2, 0.25) is 0 Å². The van der Waals surface area contributed by atoms with Gasteiger partial charge in [-0.1, -0.05) is 0 Å². The first-order valence-corrected chi connectivity index (χ1v) is 6.63. The molecule has 0 aliphatic carbocycles. The molecule has 0 saturated carbocycles. The van der Waals surface area contributed by atoms with Gasteiger partial charge in [-0.3, -0.25) is 14.6 Å². The van der Waals surface area contributed by atoms with Crippen molar-refractivity contribution in [3.05, 3.63) is 42.5 Å². The summed E-state index contributed by atoms with van der Waals surface area (Å²) in [5.41, 5.74) is 1.04. The molecule has 0 spiro atoms. The second kappa shape index (κ2) is 5.35. The number of carbonyl (C=O) groups excluding carboxylic acids is 1. The minimum Gasteiger partial charge on any atom is -0.481 e. The fourth-order valence-corrected chi connectivity index (χ4v) is 2.41. The van der Waals surface area contributed by atoms with E-state index in [0.717, 1.165) is 5.69 Å². The Labute approximate surface area is 120 Å². The second-order valence-corrected chi connectivity index (χ2v) is 4.92. The molecule has 1 atom stereocenters. The van der Waals surface area contributed by atoms with Crippen molar-refractivity contribution in [3.8, 4) is 5.69 Å². The Hall–Kier alpha value is -2.70. The topological polar surface area (TPSA) is 88.3 Å². The van der Waals surface area contributed by atoms with Crippen LogP contribution in [0.1, 0.15) is 16.9 Å². The molecule has 1 N–H and O–H groups in total. The summed E-state index contributed by atoms with van der Waals surface area (Å²) in [6, 6.07) is 5.21. The van der Waals surface area contributed by atoms with E-state index < -0.39 is 11.9 Å². The lowest BCUT2D eigenvalue weighted by molar-refractivity contribution is -0.141. The highest BCUT2D eigenvalue weighted by atomic mass is 16.4. The Bertz CT molecular complexity index is 669. The summed E-state index contributed by atoms with van der Waals surface area (Å²) in [5, 5.41) is 13.1. The summed E-state index contributed by atoms with van der Waals surface area (Å²) in [5.74, 6) is -1.58. The van der Waals surface area contributed by atoms with E-state index in [4.69, 9.17) is 5.11 Å². The van der Waals surface area contributed by atoms with Crippen molar-refractivity contribution in [1.82, 2.24) is 19.7 Å². The zero-order valence-corrected chi connectivity index (χ0v) is 11.2. The number of likely N-dealkylation sites (tertiary alicyclic amines) is 1. The molecule has 0 aromatic carbocycles. The molecule has 0 radical (unpaired) electrons. The maximum atomic E-state index is 12.4. The Morgan fingerprint density at radius 3 is 2.86 bits per heavy atom. The largest absolute Gasteiger partial charge is 0.481 e. The standard InChI is InChI=1S/C14H14N4O3/c19-13(17-7-3-10(9-17)14(20)21)12-8-11(2-5-15-12)18-6-1-4-16-18/h1-2,4-6,8,10H,3,7,9H2,(H,20,21). The SMILES string of the molecule is O=C(O)C1CCN(C(=O)c2cc(-n3cccn3)ccn2)C1. The van der Waals surface area contributed by atoms with E-state index in [1.165, 1.54) is 4.90 Å². The smallest absolute Gasteiger partial charge is 0.308 e. The van der Waals surface area contributed by atoms with Crippen molar-refractivity contribution in [2.45, 2.75) is 6.42 Å². The second-order valence-electron chi connectivity index (χ2n) is 4.92. The third-order valence-corrected chi connectivity index (χ3v) is 3.56. The highest BCUT2D eigenvalue weighted by Crippen LogP contribution is 2.19. The molecule has 1 fully saturated rings. The van der Waals surface area contributed by atoms with Crippen molar-refractivity contribution < 1.29 is 14.7 Å². The minimum atomic E-state index is -0.858. The van der Waals surface area contributed by atoms with Gasteiger partial charge in [0.25, 0.3) is 5.91 Å². The van der Waals surface area contributed by atoms with E-state index in [1.807, 2.05) is 0 Å². The van der Waals surface area contributed by atoms with E-state index in [2.05, 4.69) is 10.1 Å². The van der Waals surface area contributed by atoms with Gasteiger partial charge < -0.3 is 10.0 Å². The van der Waals surface area contributed by atoms with Crippen LogP contribution in [0, 0.1) is 5.92 Å². The van der Waals surface area contributed by atoms with Crippen molar-refractivity contribution in [2.24, 2.45) is 5.92 Å². The maximum Gasteiger partial charge on any atom is 0.308 e. The van der Waals surface area contributed by atoms with Crippen LogP contribution in [0.4, 0.5) is 0 Å². The zero-order valence-electron chi connectivity index (χ0n) is 11.2. The van der Waals surface area contributed by atoms with Gasteiger partial charge in [0.05, 0.1) is 11.6 Å². The van der Waals surface area contributed by atoms with Crippen LogP contribution in [-0.2, 0) is 4.79 Å². The molecule has 1 saturated heterocycles. The van der Waals surface area contributed by atoms with Crippen LogP contribution in [0.5, 0.6) is 0 Å². The molecular weight excluding hydrogens is 272 g/mol. The minimum absolute atomic E-state index is 0.238. The number of amides is 1. The average Bonchev–Trinajstić information content (AvgIpc) is 3.18. The zero-order chi connectivity index (χ0) is 14.8. The number of nitrogens with zero attached hydrogens (tertiary/aromatic N) is 4. The van der Waals surface area contributed by atoms with Gasteiger partial charge in [-0.2, -0.15) is 5.10 Å². The van der Waals surface area contributed by atoms with Gasteiger partial charge in [0.1, 0.15) is 5.69 Å². The summed E-state index contributed by atoms with van der Waals surface area (Å²) in [7, 11) is 0. The summed E-state index contributed by atoms with van der Waals surface area (Å²) in [6.45, 7) is 0.686. The van der Waals surface area contributed by atoms with Crippen LogP contribution in [0.2, 0.25) is 0 Å². The Kier molecular flexibility index (Phi) is 3.39. The van der Waals surface area contributed by atoms with E-state index in [0.29, 0.717) is 18.7 Å². The van der Waals surface area contributed by atoms with Gasteiger partial charge in [0, 0.05) is 31.7 Å². The first kappa shape index (κ1) is 13.3. The molecule has 1 amide bonds. The molecular formula is C14H14N4O3. The number of carboxylic acids is 1. The lowest BCUT2D eigenvalue weighted by atomic mass is 10.1. The van der Waals surface area contributed by atoms with E-state index in [9.17, 15) is 9.59 Å². The van der Waals surface area contributed by atoms with Crippen molar-refractivity contribution in [2.75, 3.05) is 13.1 Å². The van der Waals surface area contributed by atoms with Gasteiger partial charge in [-0.05, 0) is 24.6 Å². The number of hydrogen-bond donors (Lipinski definition) is 1. The molecule has 0 bridgehead atoms. The number of hydrogen-bond acceptors (Lipinski definition) is 4. The summed E-state index contributed by atoms with van der Waals surface area (Å²) >= 11 is 0.